The van der Waals surface area contributed by atoms with Crippen molar-refractivity contribution in [1.82, 2.24) is 34.9 Å². The van der Waals surface area contributed by atoms with Crippen molar-refractivity contribution in [1.29, 1.82) is 0 Å². The van der Waals surface area contributed by atoms with Gasteiger partial charge in [0.1, 0.15) is 22.8 Å². The molecule has 4 rings (SSSR count). The van der Waals surface area contributed by atoms with Crippen molar-refractivity contribution < 1.29 is 22.4 Å². The Morgan fingerprint density at radius 2 is 1.78 bits per heavy atom. The van der Waals surface area contributed by atoms with Crippen LogP contribution in [0.5, 0.6) is 5.88 Å². The molecular weight excluding hydrogens is 548 g/mol. The lowest BCUT2D eigenvalue weighted by atomic mass is 10.0. The van der Waals surface area contributed by atoms with Gasteiger partial charge in [0, 0.05) is 24.0 Å². The zero-order chi connectivity index (χ0) is 29.9. The van der Waals surface area contributed by atoms with Crippen LogP contribution in [0.15, 0.2) is 35.1 Å². The third-order valence-electron chi connectivity index (χ3n) is 6.60. The van der Waals surface area contributed by atoms with E-state index in [1.54, 1.807) is 42.1 Å². The van der Waals surface area contributed by atoms with Gasteiger partial charge in [0.25, 0.3) is 0 Å². The highest BCUT2D eigenvalue weighted by atomic mass is 32.2. The van der Waals surface area contributed by atoms with Crippen LogP contribution < -0.4 is 9.46 Å². The van der Waals surface area contributed by atoms with E-state index in [9.17, 15) is 8.42 Å². The lowest BCUT2D eigenvalue weighted by molar-refractivity contribution is 0.00152. The Hall–Kier alpha value is -3.91. The summed E-state index contributed by atoms with van der Waals surface area (Å²) in [5.41, 5.74) is 2.78. The van der Waals surface area contributed by atoms with Gasteiger partial charge in [-0.25, -0.2) is 23.4 Å². The molecule has 41 heavy (non-hydrogen) atoms. The molecule has 3 atom stereocenters. The van der Waals surface area contributed by atoms with Crippen LogP contribution in [0.25, 0.3) is 11.5 Å². The highest BCUT2D eigenvalue weighted by Gasteiger charge is 2.36. The van der Waals surface area contributed by atoms with Crippen molar-refractivity contribution in [2.24, 2.45) is 0 Å². The molecule has 4 heterocycles. The van der Waals surface area contributed by atoms with Gasteiger partial charge in [-0.05, 0) is 59.6 Å². The van der Waals surface area contributed by atoms with Gasteiger partial charge in [-0.3, -0.25) is 9.29 Å². The molecule has 0 aliphatic heterocycles. The van der Waals surface area contributed by atoms with Gasteiger partial charge < -0.3 is 14.0 Å². The van der Waals surface area contributed by atoms with Gasteiger partial charge in [-0.1, -0.05) is 18.1 Å². The van der Waals surface area contributed by atoms with E-state index in [2.05, 4.69) is 35.0 Å². The average Bonchev–Trinajstić information content (AvgIpc) is 3.50. The van der Waals surface area contributed by atoms with Gasteiger partial charge in [0.15, 0.2) is 11.6 Å². The Morgan fingerprint density at radius 1 is 1.07 bits per heavy atom. The van der Waals surface area contributed by atoms with Gasteiger partial charge in [0.2, 0.25) is 21.9 Å². The van der Waals surface area contributed by atoms with Gasteiger partial charge in [-0.15, -0.1) is 10.2 Å². The van der Waals surface area contributed by atoms with E-state index in [0.717, 1.165) is 11.1 Å². The second-order valence-electron chi connectivity index (χ2n) is 10.0. The maximum Gasteiger partial charge on any atom is 0.240 e. The van der Waals surface area contributed by atoms with E-state index in [4.69, 9.17) is 14.0 Å². The number of ether oxygens (including phenoxy) is 2. The minimum atomic E-state index is -4.11. The molecule has 0 fully saturated rings. The van der Waals surface area contributed by atoms with Crippen LogP contribution in [0.3, 0.4) is 0 Å². The standard InChI is InChI=1S/C27H36N8O5S/c1-9-21(23-17(5)33-40-18(23)6)35-26(20-11-10-12-22(30-20)38-8)31-32-27(35)34-41(36,37)19(7)24(39-15(2)3)25-28-13-16(4)14-29-25/h10-15,19,21,24H,9H2,1-8H3,(H,32,34)/t19?,21-,24?/m1/s1. The molecule has 0 bridgehead atoms. The van der Waals surface area contributed by atoms with Gasteiger partial charge >= 0.3 is 0 Å². The van der Waals surface area contributed by atoms with Crippen LogP contribution in [0, 0.1) is 20.8 Å². The molecular formula is C27H36N8O5S. The molecule has 0 saturated heterocycles. The molecule has 0 saturated carbocycles. The number of nitrogens with zero attached hydrogens (tertiary/aromatic N) is 7. The maximum atomic E-state index is 13.9. The summed E-state index contributed by atoms with van der Waals surface area (Å²) in [4.78, 5) is 13.2. The number of aryl methyl sites for hydroxylation is 3. The summed E-state index contributed by atoms with van der Waals surface area (Å²) in [6.45, 7) is 12.7. The predicted octanol–water partition coefficient (Wildman–Crippen LogP) is 4.35. The number of aromatic nitrogens is 7. The fourth-order valence-corrected chi connectivity index (χ4v) is 5.66. The number of nitrogens with one attached hydrogen (secondary N) is 1. The van der Waals surface area contributed by atoms with Crippen molar-refractivity contribution in [2.45, 2.75) is 78.4 Å². The molecule has 14 heteroatoms. The molecule has 4 aromatic rings. The zero-order valence-corrected chi connectivity index (χ0v) is 25.3. The molecule has 0 radical (unpaired) electrons. The molecule has 0 aromatic carbocycles. The highest BCUT2D eigenvalue weighted by Crippen LogP contribution is 2.35. The predicted molar refractivity (Wildman–Crippen MR) is 152 cm³/mol. The summed E-state index contributed by atoms with van der Waals surface area (Å²) >= 11 is 0. The SMILES string of the molecule is CC[C@H](c1c(C)noc1C)n1c(NS(=O)(=O)C(C)C(OC(C)C)c2ncc(C)cn2)nnc1-c1cccc(OC)n1. The number of hydrogen-bond donors (Lipinski definition) is 1. The Labute approximate surface area is 239 Å². The third-order valence-corrected chi connectivity index (χ3v) is 8.29. The van der Waals surface area contributed by atoms with Gasteiger partial charge in [-0.2, -0.15) is 0 Å². The molecule has 0 aliphatic carbocycles. The number of methoxy groups -OCH3 is 1. The van der Waals surface area contributed by atoms with E-state index in [-0.39, 0.29) is 17.9 Å². The number of pyridine rings is 1. The molecule has 220 valence electrons. The summed E-state index contributed by atoms with van der Waals surface area (Å²) in [5.74, 6) is 1.61. The first-order chi connectivity index (χ1) is 19.5. The number of sulfonamides is 1. The van der Waals surface area contributed by atoms with Crippen LogP contribution in [-0.4, -0.2) is 61.8 Å². The van der Waals surface area contributed by atoms with Crippen LogP contribution in [0.2, 0.25) is 0 Å². The first-order valence-corrected chi connectivity index (χ1v) is 14.9. The highest BCUT2D eigenvalue weighted by molar-refractivity contribution is 7.93. The molecule has 0 aliphatic rings. The smallest absolute Gasteiger partial charge is 0.240 e. The fraction of sp³-hybridized carbons (Fsp3) is 0.481. The largest absolute Gasteiger partial charge is 0.481 e. The average molecular weight is 585 g/mol. The van der Waals surface area contributed by atoms with Crippen molar-refractivity contribution in [3.8, 4) is 17.4 Å². The summed E-state index contributed by atoms with van der Waals surface area (Å²) in [5, 5.41) is 11.7. The molecule has 0 spiro atoms. The lowest BCUT2D eigenvalue weighted by Crippen LogP contribution is -2.35. The number of hydrogen-bond acceptors (Lipinski definition) is 11. The first kappa shape index (κ1) is 30.1. The number of anilines is 1. The van der Waals surface area contributed by atoms with Crippen molar-refractivity contribution >= 4 is 16.0 Å². The lowest BCUT2D eigenvalue weighted by Gasteiger charge is -2.26. The molecule has 4 aromatic heterocycles. The van der Waals surface area contributed by atoms with E-state index in [0.29, 0.717) is 35.3 Å². The van der Waals surface area contributed by atoms with Crippen LogP contribution in [-0.2, 0) is 14.8 Å². The van der Waals surface area contributed by atoms with Crippen molar-refractivity contribution in [3.63, 3.8) is 0 Å². The van der Waals surface area contributed by atoms with E-state index < -0.39 is 27.4 Å². The van der Waals surface area contributed by atoms with Crippen LogP contribution in [0.4, 0.5) is 5.95 Å². The van der Waals surface area contributed by atoms with E-state index in [1.807, 2.05) is 41.5 Å². The third kappa shape index (κ3) is 6.38. The minimum absolute atomic E-state index is 0.0106. The molecule has 2 unspecified atom stereocenters. The topological polar surface area (TPSA) is 160 Å². The van der Waals surface area contributed by atoms with Crippen molar-refractivity contribution in [2.75, 3.05) is 11.8 Å². The molecule has 13 nitrogen and oxygen atoms in total. The van der Waals surface area contributed by atoms with E-state index in [1.165, 1.54) is 7.11 Å². The second kappa shape index (κ2) is 12.3. The van der Waals surface area contributed by atoms with Crippen LogP contribution >= 0.6 is 0 Å². The summed E-state index contributed by atoms with van der Waals surface area (Å²) in [6, 6.07) is 4.82. The van der Waals surface area contributed by atoms with Crippen LogP contribution in [0.1, 0.15) is 74.7 Å². The normalized spacial score (nSPS) is 14.2. The second-order valence-corrected chi connectivity index (χ2v) is 12.1. The summed E-state index contributed by atoms with van der Waals surface area (Å²) in [7, 11) is -2.60. The Morgan fingerprint density at radius 3 is 2.37 bits per heavy atom. The monoisotopic (exact) mass is 584 g/mol. The summed E-state index contributed by atoms with van der Waals surface area (Å²) < 4.78 is 49.0. The summed E-state index contributed by atoms with van der Waals surface area (Å²) in [6.07, 6.45) is 2.60. The van der Waals surface area contributed by atoms with E-state index >= 15 is 0 Å². The molecule has 0 amide bonds. The first-order valence-electron chi connectivity index (χ1n) is 13.3. The Kier molecular flexibility index (Phi) is 9.02. The minimum Gasteiger partial charge on any atom is -0.481 e. The quantitative estimate of drug-likeness (QED) is 0.252. The molecule has 1 N–H and O–H groups in total. The Balaban J connectivity index is 1.82. The Bertz CT molecular complexity index is 1560. The zero-order valence-electron chi connectivity index (χ0n) is 24.5. The fourth-order valence-electron chi connectivity index (χ4n) is 4.57. The van der Waals surface area contributed by atoms with Crippen molar-refractivity contribution in [3.05, 3.63) is 59.0 Å². The van der Waals surface area contributed by atoms with Gasteiger partial charge in [0.05, 0.1) is 24.9 Å². The number of rotatable bonds is 12. The maximum absolute atomic E-state index is 13.9.